The lowest BCUT2D eigenvalue weighted by molar-refractivity contribution is 0.199. The van der Waals surface area contributed by atoms with Crippen molar-refractivity contribution in [3.8, 4) is 16.3 Å². The fraction of sp³-hybridized carbons (Fsp3) is 0.167. The average molecular weight is 433 g/mol. The van der Waals surface area contributed by atoms with Crippen molar-refractivity contribution < 1.29 is 10.2 Å². The lowest BCUT2D eigenvalue weighted by Crippen LogP contribution is -2.11. The summed E-state index contributed by atoms with van der Waals surface area (Å²) in [5, 5.41) is 25.9. The first kappa shape index (κ1) is 21.0. The summed E-state index contributed by atoms with van der Waals surface area (Å²) >= 11 is 1.68. The number of phenols is 1. The van der Waals surface area contributed by atoms with Gasteiger partial charge in [-0.1, -0.05) is 24.3 Å². The van der Waals surface area contributed by atoms with Crippen LogP contribution in [0.1, 0.15) is 29.0 Å². The van der Waals surface area contributed by atoms with E-state index >= 15 is 0 Å². The van der Waals surface area contributed by atoms with Crippen LogP contribution >= 0.6 is 11.3 Å². The largest absolute Gasteiger partial charge is 0.508 e. The van der Waals surface area contributed by atoms with E-state index in [4.69, 9.17) is 0 Å². The van der Waals surface area contributed by atoms with Crippen molar-refractivity contribution in [1.29, 1.82) is 0 Å². The van der Waals surface area contributed by atoms with Crippen LogP contribution in [0.5, 0.6) is 5.75 Å². The highest BCUT2D eigenvalue weighted by atomic mass is 32.1. The number of hydrogen-bond donors (Lipinski definition) is 4. The molecule has 0 bridgehead atoms. The van der Waals surface area contributed by atoms with E-state index in [0.717, 1.165) is 33.9 Å². The Bertz CT molecular complexity index is 1160. The van der Waals surface area contributed by atoms with E-state index in [1.165, 1.54) is 4.88 Å². The second kappa shape index (κ2) is 9.70. The zero-order valence-electron chi connectivity index (χ0n) is 17.1. The molecule has 4 N–H and O–H groups in total. The summed E-state index contributed by atoms with van der Waals surface area (Å²) in [6, 6.07) is 20.9. The smallest absolute Gasteiger partial charge is 0.227 e. The molecule has 1 atom stereocenters. The molecule has 6 nitrogen and oxygen atoms in total. The maximum absolute atomic E-state index is 9.77. The molecule has 4 aromatic rings. The molecular formula is C24H24N4O2S. The van der Waals surface area contributed by atoms with Gasteiger partial charge in [0.1, 0.15) is 5.75 Å². The molecule has 0 aliphatic carbocycles. The fourth-order valence-electron chi connectivity index (χ4n) is 3.17. The molecule has 2 aromatic heterocycles. The zero-order chi connectivity index (χ0) is 21.6. The molecule has 0 saturated carbocycles. The Hall–Kier alpha value is -3.26. The minimum atomic E-state index is -0.528. The van der Waals surface area contributed by atoms with Crippen molar-refractivity contribution in [3.05, 3.63) is 88.9 Å². The number of rotatable bonds is 8. The van der Waals surface area contributed by atoms with Gasteiger partial charge in [0.2, 0.25) is 5.95 Å². The number of hydrogen-bond acceptors (Lipinski definition) is 7. The highest BCUT2D eigenvalue weighted by Gasteiger charge is 2.08. The Labute approximate surface area is 185 Å². The Morgan fingerprint density at radius 1 is 1.00 bits per heavy atom. The van der Waals surface area contributed by atoms with Gasteiger partial charge in [-0.15, -0.1) is 11.3 Å². The third-order valence-electron chi connectivity index (χ3n) is 4.73. The van der Waals surface area contributed by atoms with Gasteiger partial charge in [-0.3, -0.25) is 0 Å². The van der Waals surface area contributed by atoms with Crippen LogP contribution in [0.15, 0.2) is 72.9 Å². The lowest BCUT2D eigenvalue weighted by atomic mass is 10.1. The SMILES string of the molecule is CC(O)c1cccc(Nc2nccc(-c3ccc(CNCc4cccc(O)c4)s3)n2)c1. The van der Waals surface area contributed by atoms with Gasteiger partial charge in [-0.25, -0.2) is 9.97 Å². The number of aliphatic hydroxyl groups excluding tert-OH is 1. The number of benzene rings is 2. The Morgan fingerprint density at radius 2 is 1.87 bits per heavy atom. The molecule has 158 valence electrons. The average Bonchev–Trinajstić information content (AvgIpc) is 3.23. The molecule has 7 heteroatoms. The summed E-state index contributed by atoms with van der Waals surface area (Å²) < 4.78 is 0. The van der Waals surface area contributed by atoms with Gasteiger partial charge in [0.05, 0.1) is 16.7 Å². The summed E-state index contributed by atoms with van der Waals surface area (Å²) in [4.78, 5) is 11.2. The Kier molecular flexibility index (Phi) is 6.57. The topological polar surface area (TPSA) is 90.3 Å². The van der Waals surface area contributed by atoms with Gasteiger partial charge in [0.15, 0.2) is 0 Å². The van der Waals surface area contributed by atoms with Crippen molar-refractivity contribution in [2.45, 2.75) is 26.1 Å². The summed E-state index contributed by atoms with van der Waals surface area (Å²) in [7, 11) is 0. The van der Waals surface area contributed by atoms with E-state index in [-0.39, 0.29) is 5.75 Å². The molecule has 0 fully saturated rings. The van der Waals surface area contributed by atoms with Gasteiger partial charge in [-0.05, 0) is 60.5 Å². The molecule has 0 radical (unpaired) electrons. The summed E-state index contributed by atoms with van der Waals surface area (Å²) in [6.45, 7) is 3.17. The van der Waals surface area contributed by atoms with Crippen LogP contribution in [-0.4, -0.2) is 20.2 Å². The third-order valence-corrected chi connectivity index (χ3v) is 5.84. The molecular weight excluding hydrogens is 408 g/mol. The van der Waals surface area contributed by atoms with E-state index < -0.39 is 6.10 Å². The highest BCUT2D eigenvalue weighted by molar-refractivity contribution is 7.15. The molecule has 0 amide bonds. The first-order valence-electron chi connectivity index (χ1n) is 10.0. The second-order valence-corrected chi connectivity index (χ2v) is 8.40. The number of phenolic OH excluding ortho intramolecular Hbond substituents is 1. The molecule has 1 unspecified atom stereocenters. The number of aromatic nitrogens is 2. The van der Waals surface area contributed by atoms with Crippen molar-refractivity contribution in [2.75, 3.05) is 5.32 Å². The first-order valence-corrected chi connectivity index (χ1v) is 10.8. The number of thiophene rings is 1. The Morgan fingerprint density at radius 3 is 2.71 bits per heavy atom. The molecule has 2 heterocycles. The maximum atomic E-state index is 9.77. The standard InChI is InChI=1S/C24H24N4O2S/c1-16(29)18-5-3-6-19(13-18)27-24-26-11-10-22(28-24)23-9-8-21(31-23)15-25-14-17-4-2-7-20(30)12-17/h2-13,16,25,29-30H,14-15H2,1H3,(H,26,27,28). The maximum Gasteiger partial charge on any atom is 0.227 e. The van der Waals surface area contributed by atoms with Gasteiger partial charge >= 0.3 is 0 Å². The normalized spacial score (nSPS) is 11.9. The monoisotopic (exact) mass is 432 g/mol. The minimum absolute atomic E-state index is 0.281. The summed E-state index contributed by atoms with van der Waals surface area (Å²) in [6.07, 6.45) is 1.21. The Balaban J connectivity index is 1.40. The van der Waals surface area contributed by atoms with Crippen LogP contribution in [0.4, 0.5) is 11.6 Å². The summed E-state index contributed by atoms with van der Waals surface area (Å²) in [5.41, 5.74) is 3.57. The second-order valence-electron chi connectivity index (χ2n) is 7.23. The van der Waals surface area contributed by atoms with Crippen molar-refractivity contribution >= 4 is 23.0 Å². The molecule has 0 saturated heterocycles. The van der Waals surface area contributed by atoms with E-state index in [9.17, 15) is 10.2 Å². The fourth-order valence-corrected chi connectivity index (χ4v) is 4.12. The van der Waals surface area contributed by atoms with Crippen LogP contribution in [0.25, 0.3) is 10.6 Å². The van der Waals surface area contributed by atoms with E-state index in [1.54, 1.807) is 36.6 Å². The van der Waals surface area contributed by atoms with Crippen LogP contribution < -0.4 is 10.6 Å². The van der Waals surface area contributed by atoms with Gasteiger partial charge in [0, 0.05) is 29.9 Å². The van der Waals surface area contributed by atoms with Crippen molar-refractivity contribution in [1.82, 2.24) is 15.3 Å². The lowest BCUT2D eigenvalue weighted by Gasteiger charge is -2.09. The van der Waals surface area contributed by atoms with Crippen LogP contribution in [-0.2, 0) is 13.1 Å². The van der Waals surface area contributed by atoms with Crippen molar-refractivity contribution in [2.24, 2.45) is 0 Å². The molecule has 0 spiro atoms. The third kappa shape index (κ3) is 5.67. The predicted molar refractivity (Wildman–Crippen MR) is 124 cm³/mol. The zero-order valence-corrected chi connectivity index (χ0v) is 17.9. The molecule has 4 rings (SSSR count). The first-order chi connectivity index (χ1) is 15.1. The number of nitrogens with one attached hydrogen (secondary N) is 2. The molecule has 0 aliphatic heterocycles. The number of aromatic hydroxyl groups is 1. The van der Waals surface area contributed by atoms with Crippen LogP contribution in [0.3, 0.4) is 0 Å². The van der Waals surface area contributed by atoms with Gasteiger partial charge < -0.3 is 20.8 Å². The predicted octanol–water partition coefficient (Wildman–Crippen LogP) is 5.00. The van der Waals surface area contributed by atoms with Crippen LogP contribution in [0.2, 0.25) is 0 Å². The van der Waals surface area contributed by atoms with Crippen LogP contribution in [0, 0.1) is 0 Å². The van der Waals surface area contributed by atoms with E-state index in [1.807, 2.05) is 42.5 Å². The van der Waals surface area contributed by atoms with Gasteiger partial charge in [0.25, 0.3) is 0 Å². The number of anilines is 2. The molecule has 2 aromatic carbocycles. The minimum Gasteiger partial charge on any atom is -0.508 e. The van der Waals surface area contributed by atoms with E-state index in [2.05, 4.69) is 32.7 Å². The highest BCUT2D eigenvalue weighted by Crippen LogP contribution is 2.28. The quantitative estimate of drug-likeness (QED) is 0.313. The molecule has 31 heavy (non-hydrogen) atoms. The number of nitrogens with zero attached hydrogens (tertiary/aromatic N) is 2. The molecule has 0 aliphatic rings. The van der Waals surface area contributed by atoms with Gasteiger partial charge in [-0.2, -0.15) is 0 Å². The number of aliphatic hydroxyl groups is 1. The van der Waals surface area contributed by atoms with E-state index in [0.29, 0.717) is 12.5 Å². The summed E-state index contributed by atoms with van der Waals surface area (Å²) in [5.74, 6) is 0.792. The van der Waals surface area contributed by atoms with Crippen molar-refractivity contribution in [3.63, 3.8) is 0 Å².